The number of rotatable bonds is 14. The van der Waals surface area contributed by atoms with Gasteiger partial charge in [0.15, 0.2) is 23.4 Å². The summed E-state index contributed by atoms with van der Waals surface area (Å²) < 4.78 is 36.6. The Hall–Kier alpha value is -2.00. The number of likely N-dealkylation sites (tertiary alicyclic amines) is 1. The molecule has 0 spiro atoms. The Balaban J connectivity index is 1.23. The Kier molecular flexibility index (Phi) is 14.6. The zero-order chi connectivity index (χ0) is 38.6. The third kappa shape index (κ3) is 10.7. The highest BCUT2D eigenvalue weighted by Crippen LogP contribution is 2.43. The first kappa shape index (κ1) is 42.1. The molecule has 9 atom stereocenters. The molecule has 16 heteroatoms. The van der Waals surface area contributed by atoms with Crippen molar-refractivity contribution in [2.24, 2.45) is 5.92 Å². The van der Waals surface area contributed by atoms with E-state index in [1.165, 1.54) is 30.0 Å². The zero-order valence-corrected chi connectivity index (χ0v) is 34.3. The predicted octanol–water partition coefficient (Wildman–Crippen LogP) is 7.88. The van der Waals surface area contributed by atoms with E-state index in [0.29, 0.717) is 16.0 Å². The second-order valence-electron chi connectivity index (χ2n) is 14.0. The van der Waals surface area contributed by atoms with Crippen molar-refractivity contribution in [1.29, 1.82) is 0 Å². The van der Waals surface area contributed by atoms with Crippen LogP contribution in [0.1, 0.15) is 59.8 Å². The highest BCUT2D eigenvalue weighted by Gasteiger charge is 2.59. The minimum atomic E-state index is -1.05. The summed E-state index contributed by atoms with van der Waals surface area (Å²) in [6.45, 7) is 8.34. The Labute approximate surface area is 334 Å². The third-order valence-corrected chi connectivity index (χ3v) is 11.3. The number of likely N-dealkylation sites (N-methyl/N-ethyl adjacent to an activating group) is 1. The maximum atomic E-state index is 13.7. The number of carbonyl (C=O) groups excluding carboxylic acids is 3. The van der Waals surface area contributed by atoms with Crippen LogP contribution in [0.5, 0.6) is 17.2 Å². The SMILES string of the molecule is CCC[C@@H]1C[C@@H](C(=O)NC(C(C)Cl)C2OC(SC)C(OC(=O)CCC(=O)Oc3cc(Cl)ccc3Oc3ccc(Cl)cc3Cl)C3OC(C)(C)OC23)N(C)C1. The summed E-state index contributed by atoms with van der Waals surface area (Å²) >= 11 is 26.5. The van der Waals surface area contributed by atoms with Crippen LogP contribution in [0.3, 0.4) is 0 Å². The zero-order valence-electron chi connectivity index (χ0n) is 30.4. The average Bonchev–Trinajstić information content (AvgIpc) is 3.63. The van der Waals surface area contributed by atoms with E-state index in [2.05, 4.69) is 17.1 Å². The number of alkyl halides is 1. The van der Waals surface area contributed by atoms with E-state index in [-0.39, 0.29) is 47.1 Å². The van der Waals surface area contributed by atoms with Gasteiger partial charge in [-0.15, -0.1) is 23.4 Å². The lowest BCUT2D eigenvalue weighted by molar-refractivity contribution is -0.193. The molecule has 3 saturated heterocycles. The van der Waals surface area contributed by atoms with Gasteiger partial charge in [0.2, 0.25) is 5.91 Å². The van der Waals surface area contributed by atoms with Gasteiger partial charge in [0, 0.05) is 22.7 Å². The van der Waals surface area contributed by atoms with Crippen LogP contribution in [-0.2, 0) is 33.3 Å². The Morgan fingerprint density at radius 1 is 1.00 bits per heavy atom. The molecule has 0 aliphatic carbocycles. The lowest BCUT2D eigenvalue weighted by Crippen LogP contribution is -2.65. The van der Waals surface area contributed by atoms with Crippen LogP contribution < -0.4 is 14.8 Å². The molecule has 0 bridgehead atoms. The first-order valence-corrected chi connectivity index (χ1v) is 20.5. The van der Waals surface area contributed by atoms with Crippen molar-refractivity contribution < 1.29 is 42.8 Å². The average molecular weight is 837 g/mol. The van der Waals surface area contributed by atoms with E-state index in [1.807, 2.05) is 13.3 Å². The molecule has 3 aliphatic heterocycles. The van der Waals surface area contributed by atoms with Crippen molar-refractivity contribution in [2.75, 3.05) is 19.8 Å². The van der Waals surface area contributed by atoms with Gasteiger partial charge in [-0.25, -0.2) is 0 Å². The van der Waals surface area contributed by atoms with Crippen LogP contribution in [0.15, 0.2) is 36.4 Å². The molecular weight excluding hydrogens is 790 g/mol. The molecule has 11 nitrogen and oxygen atoms in total. The molecule has 0 saturated carbocycles. The Bertz CT molecular complexity index is 1630. The molecule has 53 heavy (non-hydrogen) atoms. The smallest absolute Gasteiger partial charge is 0.311 e. The Morgan fingerprint density at radius 2 is 1.66 bits per heavy atom. The minimum Gasteiger partial charge on any atom is -0.456 e. The van der Waals surface area contributed by atoms with Crippen molar-refractivity contribution >= 4 is 76.0 Å². The number of thioether (sulfide) groups is 1. The van der Waals surface area contributed by atoms with Gasteiger partial charge < -0.3 is 33.7 Å². The van der Waals surface area contributed by atoms with E-state index in [9.17, 15) is 14.4 Å². The summed E-state index contributed by atoms with van der Waals surface area (Å²) in [6, 6.07) is 8.30. The van der Waals surface area contributed by atoms with Crippen LogP contribution in [-0.4, -0.2) is 95.7 Å². The molecule has 3 heterocycles. The second-order valence-corrected chi connectivity index (χ2v) is 16.9. The number of fused-ring (bicyclic) bond motifs is 1. The molecule has 0 aromatic heterocycles. The number of hydrogen-bond donors (Lipinski definition) is 1. The van der Waals surface area contributed by atoms with Gasteiger partial charge in [-0.3, -0.25) is 19.3 Å². The maximum absolute atomic E-state index is 13.7. The lowest BCUT2D eigenvalue weighted by Gasteiger charge is -2.44. The number of nitrogens with zero attached hydrogens (tertiary/aromatic N) is 1. The quantitative estimate of drug-likeness (QED) is 0.114. The molecule has 1 N–H and O–H groups in total. The highest BCUT2D eigenvalue weighted by atomic mass is 35.5. The molecule has 292 valence electrons. The molecule has 3 aliphatic rings. The normalized spacial score (nSPS) is 27.8. The van der Waals surface area contributed by atoms with Crippen LogP contribution in [0.4, 0.5) is 0 Å². The van der Waals surface area contributed by atoms with Gasteiger partial charge in [0.05, 0.1) is 35.3 Å². The molecule has 1 amide bonds. The van der Waals surface area contributed by atoms with Crippen LogP contribution in [0.25, 0.3) is 0 Å². The fourth-order valence-electron chi connectivity index (χ4n) is 7.05. The molecule has 3 fully saturated rings. The van der Waals surface area contributed by atoms with Crippen molar-refractivity contribution in [2.45, 2.75) is 113 Å². The van der Waals surface area contributed by atoms with Crippen molar-refractivity contribution in [1.82, 2.24) is 10.2 Å². The first-order valence-electron chi connectivity index (χ1n) is 17.6. The van der Waals surface area contributed by atoms with Gasteiger partial charge >= 0.3 is 11.9 Å². The second kappa shape index (κ2) is 18.3. The summed E-state index contributed by atoms with van der Waals surface area (Å²) in [6.07, 6.45) is 1.03. The number of hydrogen-bond acceptors (Lipinski definition) is 11. The highest BCUT2D eigenvalue weighted by molar-refractivity contribution is 7.99. The topological polar surface area (TPSA) is 122 Å². The predicted molar refractivity (Wildman–Crippen MR) is 205 cm³/mol. The van der Waals surface area contributed by atoms with Gasteiger partial charge in [0.1, 0.15) is 29.5 Å². The number of nitrogens with one attached hydrogen (secondary N) is 1. The van der Waals surface area contributed by atoms with E-state index in [4.69, 9.17) is 74.8 Å². The minimum absolute atomic E-state index is 0.0353. The summed E-state index contributed by atoms with van der Waals surface area (Å²) in [7, 11) is 1.97. The Morgan fingerprint density at radius 3 is 2.32 bits per heavy atom. The molecular formula is C37H46Cl4N2O9S. The summed E-state index contributed by atoms with van der Waals surface area (Å²) in [5.74, 6) is -1.60. The van der Waals surface area contributed by atoms with E-state index in [1.54, 1.807) is 39.0 Å². The van der Waals surface area contributed by atoms with Crippen molar-refractivity contribution in [3.8, 4) is 17.2 Å². The summed E-state index contributed by atoms with van der Waals surface area (Å²) in [5, 5.41) is 3.62. The maximum Gasteiger partial charge on any atom is 0.311 e. The van der Waals surface area contributed by atoms with E-state index >= 15 is 0 Å². The third-order valence-electron chi connectivity index (χ3n) is 9.44. The summed E-state index contributed by atoms with van der Waals surface area (Å²) in [5.41, 5.74) is -0.696. The standard InChI is InChI=1S/C37H46Cl4N2O9S/c1-7-8-20-15-24(43(5)18-20)35(46)42-30(19(2)38)31-32-33(52-37(3,4)51-32)34(36(50-31)53-6)49-29(45)14-13-28(44)48-27-17-22(40)10-12-26(27)47-25-11-9-21(39)16-23(25)41/h9-12,16-17,19-20,24,30-34,36H,7-8,13-15,18H2,1-6H3,(H,42,46)/t19?,20-,24+,30?,31?,32?,33?,34?,36?/m1/s1. The number of esters is 2. The number of benzene rings is 2. The van der Waals surface area contributed by atoms with E-state index in [0.717, 1.165) is 25.8 Å². The molecule has 0 radical (unpaired) electrons. The number of carbonyl (C=O) groups is 3. The fourth-order valence-corrected chi connectivity index (χ4v) is 8.58. The molecule has 2 aromatic rings. The molecule has 7 unspecified atom stereocenters. The van der Waals surface area contributed by atoms with Gasteiger partial charge in [-0.05, 0) is 83.2 Å². The first-order chi connectivity index (χ1) is 25.1. The van der Waals surface area contributed by atoms with E-state index < -0.39 is 59.0 Å². The number of amides is 1. The van der Waals surface area contributed by atoms with Gasteiger partial charge in [0.25, 0.3) is 0 Å². The van der Waals surface area contributed by atoms with Crippen molar-refractivity contribution in [3.05, 3.63) is 51.5 Å². The fraction of sp³-hybridized carbons (Fsp3) is 0.595. The van der Waals surface area contributed by atoms with Gasteiger partial charge in [-0.1, -0.05) is 48.1 Å². The largest absolute Gasteiger partial charge is 0.456 e. The lowest BCUT2D eigenvalue weighted by atomic mass is 9.92. The number of ether oxygens (including phenoxy) is 6. The van der Waals surface area contributed by atoms with Gasteiger partial charge in [-0.2, -0.15) is 0 Å². The summed E-state index contributed by atoms with van der Waals surface area (Å²) in [4.78, 5) is 42.0. The molecule has 5 rings (SSSR count). The molecule has 2 aromatic carbocycles. The van der Waals surface area contributed by atoms with Crippen LogP contribution in [0.2, 0.25) is 15.1 Å². The van der Waals surface area contributed by atoms with Crippen molar-refractivity contribution in [3.63, 3.8) is 0 Å². The number of halogens is 4. The monoisotopic (exact) mass is 834 g/mol. The van der Waals surface area contributed by atoms with Crippen LogP contribution in [0, 0.1) is 5.92 Å². The van der Waals surface area contributed by atoms with Crippen LogP contribution >= 0.6 is 58.2 Å².